The van der Waals surface area contributed by atoms with Crippen molar-refractivity contribution in [1.82, 2.24) is 0 Å². The summed E-state index contributed by atoms with van der Waals surface area (Å²) in [7, 11) is 1.46. The van der Waals surface area contributed by atoms with Crippen molar-refractivity contribution in [3.63, 3.8) is 0 Å². The number of hydrogen-bond donors (Lipinski definition) is 1. The third-order valence-corrected chi connectivity index (χ3v) is 12.3. The fourth-order valence-electron chi connectivity index (χ4n) is 7.24. The van der Waals surface area contributed by atoms with Crippen molar-refractivity contribution < 1.29 is 42.1 Å². The van der Waals surface area contributed by atoms with Crippen molar-refractivity contribution in [2.45, 2.75) is 238 Å². The van der Waals surface area contributed by atoms with Crippen LogP contribution in [0.3, 0.4) is 0 Å². The Morgan fingerprint density at radius 2 is 0.875 bits per heavy atom. The van der Waals surface area contributed by atoms with E-state index in [1.807, 2.05) is 21.1 Å². The molecular weight excluding hydrogens is 822 g/mol. The van der Waals surface area contributed by atoms with Crippen LogP contribution in [-0.4, -0.2) is 74.9 Å². The first-order chi connectivity index (χ1) is 31.0. The Morgan fingerprint density at radius 3 is 1.31 bits per heavy atom. The largest absolute Gasteiger partial charge is 0.472 e. The lowest BCUT2D eigenvalue weighted by Crippen LogP contribution is -2.37. The molecule has 0 saturated carbocycles. The topological polar surface area (TPSA) is 108 Å². The Labute approximate surface area is 394 Å². The van der Waals surface area contributed by atoms with E-state index >= 15 is 0 Å². The highest BCUT2D eigenvalue weighted by atomic mass is 31.2. The summed E-state index contributed by atoms with van der Waals surface area (Å²) in [4.78, 5) is 35.5. The molecule has 0 amide bonds. The second kappa shape index (κ2) is 46.1. The van der Waals surface area contributed by atoms with Crippen LogP contribution in [0.1, 0.15) is 232 Å². The number of rotatable bonds is 48. The predicted molar refractivity (Wildman–Crippen MR) is 270 cm³/mol. The average molecular weight is 923 g/mol. The van der Waals surface area contributed by atoms with Crippen LogP contribution in [0, 0.1) is 0 Å². The molecule has 0 aliphatic carbocycles. The molecule has 0 saturated heterocycles. The summed E-state index contributed by atoms with van der Waals surface area (Å²) in [5.74, 6) is -0.827. The lowest BCUT2D eigenvalue weighted by atomic mass is 10.0. The van der Waals surface area contributed by atoms with Crippen LogP contribution in [0.25, 0.3) is 0 Å². The molecule has 0 aliphatic heterocycles. The number of allylic oxidation sites excluding steroid dienone is 8. The van der Waals surface area contributed by atoms with E-state index in [-0.39, 0.29) is 32.0 Å². The molecule has 0 aromatic carbocycles. The Balaban J connectivity index is 4.22. The fourth-order valence-corrected chi connectivity index (χ4v) is 7.98. The lowest BCUT2D eigenvalue weighted by Gasteiger charge is -2.24. The van der Waals surface area contributed by atoms with Gasteiger partial charge in [0, 0.05) is 12.8 Å². The van der Waals surface area contributed by atoms with Crippen LogP contribution < -0.4 is 0 Å². The highest BCUT2D eigenvalue weighted by Crippen LogP contribution is 2.43. The highest BCUT2D eigenvalue weighted by molar-refractivity contribution is 7.47. The van der Waals surface area contributed by atoms with Gasteiger partial charge < -0.3 is 18.9 Å². The smallest absolute Gasteiger partial charge is 0.462 e. The maximum absolute atomic E-state index is 12.7. The van der Waals surface area contributed by atoms with Crippen LogP contribution >= 0.6 is 7.82 Å². The number of quaternary nitrogens is 1. The quantitative estimate of drug-likeness (QED) is 0.0211. The van der Waals surface area contributed by atoms with E-state index in [1.54, 1.807) is 0 Å². The second-order valence-electron chi connectivity index (χ2n) is 18.9. The normalized spacial score (nSPS) is 13.8. The van der Waals surface area contributed by atoms with E-state index in [0.29, 0.717) is 17.4 Å². The minimum Gasteiger partial charge on any atom is -0.462 e. The number of ether oxygens (including phenoxy) is 2. The van der Waals surface area contributed by atoms with Gasteiger partial charge in [-0.1, -0.05) is 217 Å². The van der Waals surface area contributed by atoms with Gasteiger partial charge in [-0.05, 0) is 51.4 Å². The molecule has 64 heavy (non-hydrogen) atoms. The first-order valence-corrected chi connectivity index (χ1v) is 27.9. The molecule has 0 heterocycles. The van der Waals surface area contributed by atoms with Crippen molar-refractivity contribution in [3.05, 3.63) is 48.6 Å². The van der Waals surface area contributed by atoms with Gasteiger partial charge in [0.05, 0.1) is 27.7 Å². The Kier molecular flexibility index (Phi) is 44.6. The number of phosphoric ester groups is 1. The Morgan fingerprint density at radius 1 is 0.484 bits per heavy atom. The Hall–Kier alpha value is -2.03. The lowest BCUT2D eigenvalue weighted by molar-refractivity contribution is -0.870. The summed E-state index contributed by atoms with van der Waals surface area (Å²) in [6.45, 7) is 4.35. The van der Waals surface area contributed by atoms with Crippen molar-refractivity contribution in [3.8, 4) is 0 Å². The number of unbranched alkanes of at least 4 members (excludes halogenated alkanes) is 26. The van der Waals surface area contributed by atoms with Gasteiger partial charge in [0.15, 0.2) is 6.10 Å². The summed E-state index contributed by atoms with van der Waals surface area (Å²) in [6.07, 6.45) is 56.0. The monoisotopic (exact) mass is 923 g/mol. The first-order valence-electron chi connectivity index (χ1n) is 26.4. The van der Waals surface area contributed by atoms with Gasteiger partial charge in [0.25, 0.3) is 0 Å². The maximum atomic E-state index is 12.7. The highest BCUT2D eigenvalue weighted by Gasteiger charge is 2.27. The van der Waals surface area contributed by atoms with Gasteiger partial charge in [-0.2, -0.15) is 0 Å². The number of likely N-dealkylation sites (N-methyl/N-ethyl adjacent to an activating group) is 1. The molecule has 0 spiro atoms. The molecule has 9 nitrogen and oxygen atoms in total. The molecule has 0 fully saturated rings. The van der Waals surface area contributed by atoms with E-state index in [1.165, 1.54) is 135 Å². The molecule has 1 N–H and O–H groups in total. The van der Waals surface area contributed by atoms with E-state index in [0.717, 1.165) is 64.2 Å². The van der Waals surface area contributed by atoms with E-state index in [4.69, 9.17) is 18.5 Å². The van der Waals surface area contributed by atoms with Crippen LogP contribution in [-0.2, 0) is 32.7 Å². The number of phosphoric acid groups is 1. The number of carbonyl (C=O) groups excluding carboxylic acids is 2. The molecule has 0 radical (unpaired) electrons. The summed E-state index contributed by atoms with van der Waals surface area (Å²) < 4.78 is 34.4. The third kappa shape index (κ3) is 49.4. The molecule has 0 rings (SSSR count). The summed E-state index contributed by atoms with van der Waals surface area (Å²) in [5, 5.41) is 0. The van der Waals surface area contributed by atoms with Gasteiger partial charge in [-0.25, -0.2) is 4.57 Å². The molecule has 0 aromatic heterocycles. The molecule has 374 valence electrons. The molecule has 10 heteroatoms. The molecule has 0 bridgehead atoms. The van der Waals surface area contributed by atoms with Crippen molar-refractivity contribution >= 4 is 19.8 Å². The van der Waals surface area contributed by atoms with E-state index < -0.39 is 26.5 Å². The standard InChI is InChI=1S/C54H100NO8P/c1-6-8-10-12-14-16-18-20-22-24-25-26-27-28-29-31-32-34-36-38-40-42-44-46-53(56)60-50-52(51-62-64(58,59)61-49-48-55(3,4)5)63-54(57)47-45-43-41-39-37-35-33-30-23-21-19-17-15-13-11-9-7-2/h11,13,17,19,23,30,35,37,52H,6-10,12,14-16,18,20-22,24-29,31-34,36,38-51H2,1-5H3/p+1/b13-11+,19-17+,30-23+,37-35+/t52-/m0/s1. The maximum Gasteiger partial charge on any atom is 0.472 e. The molecule has 0 aliphatic rings. The first kappa shape index (κ1) is 62.0. The minimum absolute atomic E-state index is 0.0250. The molecular formula is C54H101NO8P+. The SMILES string of the molecule is CCC/C=C/C/C=C/C/C=C/C/C=C/CCCCCC(=O)O[C@@H](COC(=O)CCCCCCCCCCCCCCCCCCCCCCCCC)COP(=O)(O)OCC[N+](C)(C)C. The predicted octanol–water partition coefficient (Wildman–Crippen LogP) is 15.8. The minimum atomic E-state index is -4.39. The van der Waals surface area contributed by atoms with Crippen molar-refractivity contribution in [2.24, 2.45) is 0 Å². The second-order valence-corrected chi connectivity index (χ2v) is 20.4. The molecule has 1 unspecified atom stereocenters. The van der Waals surface area contributed by atoms with Crippen LogP contribution in [0.5, 0.6) is 0 Å². The van der Waals surface area contributed by atoms with Gasteiger partial charge >= 0.3 is 19.8 Å². The van der Waals surface area contributed by atoms with Crippen LogP contribution in [0.4, 0.5) is 0 Å². The fraction of sp³-hybridized carbons (Fsp3) is 0.815. The Bertz CT molecular complexity index is 1230. The van der Waals surface area contributed by atoms with Gasteiger partial charge in [-0.15, -0.1) is 0 Å². The number of carbonyl (C=O) groups is 2. The van der Waals surface area contributed by atoms with Gasteiger partial charge in [0.1, 0.15) is 19.8 Å². The zero-order chi connectivity index (χ0) is 47.1. The zero-order valence-electron chi connectivity index (χ0n) is 42.3. The van der Waals surface area contributed by atoms with Crippen LogP contribution in [0.2, 0.25) is 0 Å². The van der Waals surface area contributed by atoms with Crippen LogP contribution in [0.15, 0.2) is 48.6 Å². The third-order valence-electron chi connectivity index (χ3n) is 11.3. The van der Waals surface area contributed by atoms with Crippen molar-refractivity contribution in [1.29, 1.82) is 0 Å². The summed E-state index contributed by atoms with van der Waals surface area (Å²) in [5.41, 5.74) is 0. The number of esters is 2. The summed E-state index contributed by atoms with van der Waals surface area (Å²) in [6, 6.07) is 0. The zero-order valence-corrected chi connectivity index (χ0v) is 43.2. The number of hydrogen-bond acceptors (Lipinski definition) is 7. The molecule has 0 aromatic rings. The van der Waals surface area contributed by atoms with Gasteiger partial charge in [0.2, 0.25) is 0 Å². The van der Waals surface area contributed by atoms with Gasteiger partial charge in [-0.3, -0.25) is 18.6 Å². The summed E-state index contributed by atoms with van der Waals surface area (Å²) >= 11 is 0. The van der Waals surface area contributed by atoms with Crippen molar-refractivity contribution in [2.75, 3.05) is 47.5 Å². The average Bonchev–Trinajstić information content (AvgIpc) is 3.25. The number of nitrogens with zero attached hydrogens (tertiary/aromatic N) is 1. The molecule has 2 atom stereocenters. The van der Waals surface area contributed by atoms with E-state index in [2.05, 4.69) is 62.5 Å². The van der Waals surface area contributed by atoms with E-state index in [9.17, 15) is 19.0 Å².